The fourth-order valence-corrected chi connectivity index (χ4v) is 0.879. The number of rotatable bonds is 1. The first-order valence-corrected chi connectivity index (χ1v) is 3.32. The summed E-state index contributed by atoms with van der Waals surface area (Å²) in [6.07, 6.45) is 5.91. The van der Waals surface area contributed by atoms with E-state index in [2.05, 4.69) is 0 Å². The molecule has 11 heavy (non-hydrogen) atoms. The highest BCUT2D eigenvalue weighted by atomic mass is 16.5. The highest BCUT2D eigenvalue weighted by molar-refractivity contribution is 5.33. The Bertz CT molecular complexity index is 234. The topological polar surface area (TPSA) is 58.3 Å². The molecule has 0 bridgehead atoms. The minimum atomic E-state index is -0.385. The van der Waals surface area contributed by atoms with E-state index in [4.69, 9.17) is 10.5 Å². The van der Waals surface area contributed by atoms with Gasteiger partial charge in [0.15, 0.2) is 0 Å². The molecular formula is C8H10NO2-. The molecule has 3 heteroatoms. The summed E-state index contributed by atoms with van der Waals surface area (Å²) >= 11 is 0. The maximum atomic E-state index is 10.7. The summed E-state index contributed by atoms with van der Waals surface area (Å²) in [4.78, 5) is 0. The quantitative estimate of drug-likeness (QED) is 0.538. The van der Waals surface area contributed by atoms with Gasteiger partial charge in [-0.15, -0.1) is 0 Å². The van der Waals surface area contributed by atoms with E-state index in [-0.39, 0.29) is 5.88 Å². The van der Waals surface area contributed by atoms with E-state index in [0.29, 0.717) is 17.8 Å². The van der Waals surface area contributed by atoms with E-state index < -0.39 is 0 Å². The van der Waals surface area contributed by atoms with Crippen molar-refractivity contribution in [2.45, 2.75) is 6.42 Å². The van der Waals surface area contributed by atoms with E-state index in [1.807, 2.05) is 12.2 Å². The van der Waals surface area contributed by atoms with Crippen molar-refractivity contribution in [3.05, 3.63) is 35.4 Å². The number of allylic oxidation sites excluding steroid dienone is 4. The molecule has 1 aliphatic rings. The lowest BCUT2D eigenvalue weighted by molar-refractivity contribution is -0.305. The second-order valence-corrected chi connectivity index (χ2v) is 2.25. The Kier molecular flexibility index (Phi) is 2.21. The molecule has 0 aromatic heterocycles. The molecule has 0 aromatic rings. The van der Waals surface area contributed by atoms with Gasteiger partial charge in [-0.1, -0.05) is 6.08 Å². The second kappa shape index (κ2) is 3.14. The molecule has 0 spiro atoms. The van der Waals surface area contributed by atoms with Crippen LogP contribution in [0.15, 0.2) is 35.4 Å². The SMILES string of the molecule is COC1=CC(=C(N)[O-])CC=C1. The number of ether oxygens (including phenoxy) is 1. The standard InChI is InChI=1S/C8H11NO2/c1-11-7-4-2-3-6(5-7)8(9)10/h2,4-5,10H,3,9H2,1H3/p-1. The van der Waals surface area contributed by atoms with Crippen LogP contribution >= 0.6 is 0 Å². The van der Waals surface area contributed by atoms with Gasteiger partial charge in [-0.3, -0.25) is 0 Å². The Balaban J connectivity index is 2.86. The molecule has 60 valence electrons. The summed E-state index contributed by atoms with van der Waals surface area (Å²) in [6, 6.07) is 0. The zero-order valence-corrected chi connectivity index (χ0v) is 6.33. The van der Waals surface area contributed by atoms with Gasteiger partial charge in [0.1, 0.15) is 5.76 Å². The molecular weight excluding hydrogens is 142 g/mol. The summed E-state index contributed by atoms with van der Waals surface area (Å²) in [5, 5.41) is 10.7. The third-order valence-electron chi connectivity index (χ3n) is 1.49. The zero-order chi connectivity index (χ0) is 8.27. The Morgan fingerprint density at radius 1 is 1.73 bits per heavy atom. The average molecular weight is 152 g/mol. The van der Waals surface area contributed by atoms with E-state index in [9.17, 15) is 5.11 Å². The first kappa shape index (κ1) is 7.72. The lowest BCUT2D eigenvalue weighted by Crippen LogP contribution is -2.16. The molecule has 3 nitrogen and oxygen atoms in total. The van der Waals surface area contributed by atoms with E-state index in [0.717, 1.165) is 0 Å². The van der Waals surface area contributed by atoms with Crippen LogP contribution in [0.4, 0.5) is 0 Å². The van der Waals surface area contributed by atoms with Gasteiger partial charge in [0, 0.05) is 0 Å². The molecule has 0 atom stereocenters. The molecule has 2 N–H and O–H groups in total. The normalized spacial score (nSPS) is 21.0. The highest BCUT2D eigenvalue weighted by Crippen LogP contribution is 2.15. The van der Waals surface area contributed by atoms with Crippen molar-refractivity contribution >= 4 is 0 Å². The largest absolute Gasteiger partial charge is 0.860 e. The number of hydrogen-bond acceptors (Lipinski definition) is 3. The fraction of sp³-hybridized carbons (Fsp3) is 0.250. The molecule has 0 amide bonds. The van der Waals surface area contributed by atoms with Gasteiger partial charge in [0.05, 0.1) is 7.11 Å². The van der Waals surface area contributed by atoms with Crippen LogP contribution in [0.1, 0.15) is 6.42 Å². The molecule has 0 heterocycles. The fourth-order valence-electron chi connectivity index (χ4n) is 0.879. The van der Waals surface area contributed by atoms with Crippen LogP contribution in [0.25, 0.3) is 0 Å². The van der Waals surface area contributed by atoms with Crippen molar-refractivity contribution in [2.75, 3.05) is 7.11 Å². The molecule has 0 fully saturated rings. The van der Waals surface area contributed by atoms with Crippen LogP contribution in [-0.4, -0.2) is 7.11 Å². The molecule has 0 saturated heterocycles. The van der Waals surface area contributed by atoms with E-state index in [1.165, 1.54) is 0 Å². The van der Waals surface area contributed by atoms with Crippen molar-refractivity contribution < 1.29 is 9.84 Å². The van der Waals surface area contributed by atoms with Crippen molar-refractivity contribution in [1.29, 1.82) is 0 Å². The number of methoxy groups -OCH3 is 1. The molecule has 0 radical (unpaired) electrons. The summed E-state index contributed by atoms with van der Waals surface area (Å²) < 4.78 is 4.92. The molecule has 0 aromatic carbocycles. The minimum absolute atomic E-state index is 0.385. The molecule has 0 saturated carbocycles. The first-order valence-electron chi connectivity index (χ1n) is 3.32. The third-order valence-corrected chi connectivity index (χ3v) is 1.49. The van der Waals surface area contributed by atoms with Gasteiger partial charge in [-0.25, -0.2) is 0 Å². The lowest BCUT2D eigenvalue weighted by atomic mass is 10.1. The molecule has 0 unspecified atom stereocenters. The third kappa shape index (κ3) is 1.77. The molecule has 0 aliphatic heterocycles. The highest BCUT2D eigenvalue weighted by Gasteiger charge is 2.00. The van der Waals surface area contributed by atoms with Crippen LogP contribution in [-0.2, 0) is 4.74 Å². The van der Waals surface area contributed by atoms with Crippen molar-refractivity contribution in [3.8, 4) is 0 Å². The Labute approximate surface area is 65.5 Å². The van der Waals surface area contributed by atoms with Crippen LogP contribution in [0.2, 0.25) is 0 Å². The van der Waals surface area contributed by atoms with Gasteiger partial charge >= 0.3 is 0 Å². The number of nitrogens with two attached hydrogens (primary N) is 1. The van der Waals surface area contributed by atoms with Crippen molar-refractivity contribution in [2.24, 2.45) is 5.73 Å². The summed E-state index contributed by atoms with van der Waals surface area (Å²) in [5.74, 6) is 0.286. The Morgan fingerprint density at radius 2 is 2.45 bits per heavy atom. The Morgan fingerprint density at radius 3 is 3.00 bits per heavy atom. The van der Waals surface area contributed by atoms with Gasteiger partial charge in [0.25, 0.3) is 0 Å². The number of hydrogen-bond donors (Lipinski definition) is 1. The van der Waals surface area contributed by atoms with E-state index >= 15 is 0 Å². The second-order valence-electron chi connectivity index (χ2n) is 2.25. The van der Waals surface area contributed by atoms with Crippen LogP contribution in [0, 0.1) is 0 Å². The van der Waals surface area contributed by atoms with Crippen molar-refractivity contribution in [1.82, 2.24) is 0 Å². The summed E-state index contributed by atoms with van der Waals surface area (Å²) in [7, 11) is 1.56. The van der Waals surface area contributed by atoms with Gasteiger partial charge in [-0.2, -0.15) is 0 Å². The average Bonchev–Trinajstić information content (AvgIpc) is 2.05. The van der Waals surface area contributed by atoms with Crippen molar-refractivity contribution in [3.63, 3.8) is 0 Å². The molecule has 1 rings (SSSR count). The van der Waals surface area contributed by atoms with E-state index in [1.54, 1.807) is 13.2 Å². The molecule has 1 aliphatic carbocycles. The lowest BCUT2D eigenvalue weighted by Gasteiger charge is -2.14. The zero-order valence-electron chi connectivity index (χ0n) is 6.33. The van der Waals surface area contributed by atoms with Gasteiger partial charge in [-0.05, 0) is 30.0 Å². The summed E-state index contributed by atoms with van der Waals surface area (Å²) in [6.45, 7) is 0. The van der Waals surface area contributed by atoms with Gasteiger partial charge < -0.3 is 15.6 Å². The van der Waals surface area contributed by atoms with Gasteiger partial charge in [0.2, 0.25) is 0 Å². The summed E-state index contributed by atoms with van der Waals surface area (Å²) in [5.41, 5.74) is 5.66. The monoisotopic (exact) mass is 152 g/mol. The van der Waals surface area contributed by atoms with Crippen LogP contribution in [0.5, 0.6) is 0 Å². The first-order chi connectivity index (χ1) is 5.24. The maximum absolute atomic E-state index is 10.7. The maximum Gasteiger partial charge on any atom is 0.118 e. The van der Waals surface area contributed by atoms with Crippen LogP contribution in [0.3, 0.4) is 0 Å². The predicted molar refractivity (Wildman–Crippen MR) is 40.1 cm³/mol. The predicted octanol–water partition coefficient (Wildman–Crippen LogP) is 0.00720. The smallest absolute Gasteiger partial charge is 0.118 e. The minimum Gasteiger partial charge on any atom is -0.860 e. The van der Waals surface area contributed by atoms with Crippen LogP contribution < -0.4 is 10.8 Å². The Hall–Kier alpha value is -1.38.